The van der Waals surface area contributed by atoms with E-state index in [-0.39, 0.29) is 24.9 Å². The highest BCUT2D eigenvalue weighted by atomic mass is 18.2. The van der Waals surface area contributed by atoms with Crippen molar-refractivity contribution >= 4 is 11.6 Å². The minimum absolute atomic E-state index is 0.0436. The molecule has 0 saturated carbocycles. The van der Waals surface area contributed by atoms with Gasteiger partial charge < -0.3 is 14.4 Å². The first-order valence-electron chi connectivity index (χ1n) is 8.77. The maximum absolute atomic E-state index is 12.5. The fourth-order valence-electron chi connectivity index (χ4n) is 2.63. The second-order valence-corrected chi connectivity index (χ2v) is 5.85. The number of benzene rings is 1. The highest BCUT2D eigenvalue weighted by Gasteiger charge is 2.20. The van der Waals surface area contributed by atoms with Gasteiger partial charge in [-0.25, -0.2) is 14.4 Å². The standard InChI is InChI=1S/C21H20FN3O3/c1-16(26)25(15-17-7-2-3-9-19(17)27-14-11-22)18-8-6-13-24-21(18)28-20-10-4-5-12-23-20/h2-10,12-13H,11,14-15H2,1H3/i22-1. The SMILES string of the molecule is CC(=O)N(Cc1ccccc1OCC[18F])c1cccnc1Oc1ccccn1. The average Bonchev–Trinajstić information content (AvgIpc) is 2.72. The normalized spacial score (nSPS) is 10.4. The summed E-state index contributed by atoms with van der Waals surface area (Å²) in [6.45, 7) is 1.05. The fraction of sp³-hybridized carbons (Fsp3) is 0.190. The lowest BCUT2D eigenvalue weighted by Gasteiger charge is -2.24. The summed E-state index contributed by atoms with van der Waals surface area (Å²) in [7, 11) is 0. The number of halogens is 1. The van der Waals surface area contributed by atoms with Crippen LogP contribution in [0.3, 0.4) is 0 Å². The minimum atomic E-state index is -0.588. The predicted octanol–water partition coefficient (Wildman–Crippen LogP) is 4.17. The Hall–Kier alpha value is -3.48. The van der Waals surface area contributed by atoms with Crippen LogP contribution in [0.2, 0.25) is 0 Å². The number of para-hydroxylation sites is 1. The molecule has 0 fully saturated rings. The van der Waals surface area contributed by atoms with Crippen molar-refractivity contribution in [2.45, 2.75) is 13.5 Å². The Morgan fingerprint density at radius 1 is 1.04 bits per heavy atom. The van der Waals surface area contributed by atoms with E-state index in [4.69, 9.17) is 9.47 Å². The Labute approximate surface area is 162 Å². The number of pyridine rings is 2. The van der Waals surface area contributed by atoms with Gasteiger partial charge in [0.2, 0.25) is 17.7 Å². The van der Waals surface area contributed by atoms with Gasteiger partial charge in [-0.15, -0.1) is 0 Å². The van der Waals surface area contributed by atoms with Crippen molar-refractivity contribution in [2.75, 3.05) is 18.2 Å². The van der Waals surface area contributed by atoms with Crippen molar-refractivity contribution in [1.82, 2.24) is 9.97 Å². The molecule has 0 unspecified atom stereocenters. The van der Waals surface area contributed by atoms with E-state index in [0.717, 1.165) is 5.56 Å². The maximum Gasteiger partial charge on any atom is 0.245 e. The summed E-state index contributed by atoms with van der Waals surface area (Å²) < 4.78 is 23.7. The minimum Gasteiger partial charge on any atom is -0.491 e. The maximum atomic E-state index is 12.5. The van der Waals surface area contributed by atoms with Crippen LogP contribution in [-0.4, -0.2) is 29.2 Å². The lowest BCUT2D eigenvalue weighted by molar-refractivity contribution is -0.116. The van der Waals surface area contributed by atoms with Crippen LogP contribution in [0.5, 0.6) is 17.5 Å². The second kappa shape index (κ2) is 9.45. The van der Waals surface area contributed by atoms with Crippen molar-refractivity contribution < 1.29 is 18.7 Å². The van der Waals surface area contributed by atoms with Gasteiger partial charge in [-0.05, 0) is 24.3 Å². The molecule has 6 nitrogen and oxygen atoms in total. The summed E-state index contributed by atoms with van der Waals surface area (Å²) in [6, 6.07) is 16.0. The van der Waals surface area contributed by atoms with E-state index in [1.807, 2.05) is 12.1 Å². The summed E-state index contributed by atoms with van der Waals surface area (Å²) >= 11 is 0. The molecule has 2 heterocycles. The number of carbonyl (C=O) groups is 1. The van der Waals surface area contributed by atoms with Crippen molar-refractivity contribution in [3.8, 4) is 17.5 Å². The summed E-state index contributed by atoms with van der Waals surface area (Å²) in [5.41, 5.74) is 1.25. The number of ether oxygens (including phenoxy) is 2. The third-order valence-electron chi connectivity index (χ3n) is 3.90. The number of hydrogen-bond donors (Lipinski definition) is 0. The molecule has 28 heavy (non-hydrogen) atoms. The first kappa shape index (κ1) is 19.3. The van der Waals surface area contributed by atoms with Gasteiger partial charge in [0, 0.05) is 30.9 Å². The summed E-state index contributed by atoms with van der Waals surface area (Å²) in [5.74, 6) is 0.970. The Morgan fingerprint density at radius 3 is 2.57 bits per heavy atom. The van der Waals surface area contributed by atoms with E-state index in [9.17, 15) is 9.18 Å². The third kappa shape index (κ3) is 4.82. The molecule has 144 valence electrons. The third-order valence-corrected chi connectivity index (χ3v) is 3.90. The van der Waals surface area contributed by atoms with Gasteiger partial charge in [0.05, 0.1) is 6.54 Å². The van der Waals surface area contributed by atoms with E-state index in [0.29, 0.717) is 17.3 Å². The van der Waals surface area contributed by atoms with Crippen LogP contribution in [0.25, 0.3) is 0 Å². The molecule has 0 saturated heterocycles. The number of amides is 1. The van der Waals surface area contributed by atoms with Crippen molar-refractivity contribution in [3.63, 3.8) is 0 Å². The Bertz CT molecular complexity index is 922. The van der Waals surface area contributed by atoms with E-state index in [1.165, 1.54) is 11.8 Å². The Balaban J connectivity index is 1.91. The van der Waals surface area contributed by atoms with Crippen LogP contribution in [0.1, 0.15) is 12.5 Å². The van der Waals surface area contributed by atoms with Crippen LogP contribution in [0, 0.1) is 0 Å². The number of hydrogen-bond acceptors (Lipinski definition) is 5. The highest BCUT2D eigenvalue weighted by molar-refractivity contribution is 5.92. The molecule has 0 radical (unpaired) electrons. The number of rotatable bonds is 8. The van der Waals surface area contributed by atoms with Crippen LogP contribution in [0.15, 0.2) is 67.0 Å². The zero-order valence-corrected chi connectivity index (χ0v) is 15.4. The van der Waals surface area contributed by atoms with E-state index < -0.39 is 6.67 Å². The quantitative estimate of drug-likeness (QED) is 0.587. The van der Waals surface area contributed by atoms with Gasteiger partial charge in [0.25, 0.3) is 0 Å². The molecular weight excluding hydrogens is 360 g/mol. The van der Waals surface area contributed by atoms with Gasteiger partial charge >= 0.3 is 0 Å². The molecule has 7 heteroatoms. The molecule has 0 atom stereocenters. The van der Waals surface area contributed by atoms with Crippen LogP contribution >= 0.6 is 0 Å². The van der Waals surface area contributed by atoms with E-state index in [1.54, 1.807) is 54.9 Å². The fourth-order valence-corrected chi connectivity index (χ4v) is 2.63. The zero-order chi connectivity index (χ0) is 19.8. The number of aromatic nitrogens is 2. The summed E-state index contributed by atoms with van der Waals surface area (Å²) in [4.78, 5) is 22.3. The highest BCUT2D eigenvalue weighted by Crippen LogP contribution is 2.31. The molecule has 0 aliphatic carbocycles. The topological polar surface area (TPSA) is 64.6 Å². The Kier molecular flexibility index (Phi) is 6.51. The molecule has 1 aromatic carbocycles. The van der Waals surface area contributed by atoms with Gasteiger partial charge in [-0.3, -0.25) is 4.79 Å². The molecule has 0 aliphatic heterocycles. The molecular formula is C21H20FN3O3. The molecule has 0 N–H and O–H groups in total. The van der Waals surface area contributed by atoms with Gasteiger partial charge in [0.1, 0.15) is 24.7 Å². The van der Waals surface area contributed by atoms with Gasteiger partial charge in [-0.2, -0.15) is 0 Å². The van der Waals surface area contributed by atoms with Gasteiger partial charge in [-0.1, -0.05) is 24.3 Å². The van der Waals surface area contributed by atoms with Crippen LogP contribution in [-0.2, 0) is 11.3 Å². The molecule has 2 aromatic heterocycles. The molecule has 0 aliphatic rings. The smallest absolute Gasteiger partial charge is 0.245 e. The molecule has 0 spiro atoms. The van der Waals surface area contributed by atoms with Crippen LogP contribution in [0.4, 0.5) is 10.1 Å². The summed E-state index contributed by atoms with van der Waals surface area (Å²) in [6.07, 6.45) is 3.19. The monoisotopic (exact) mass is 380 g/mol. The average molecular weight is 380 g/mol. The molecule has 1 amide bonds. The summed E-state index contributed by atoms with van der Waals surface area (Å²) in [5, 5.41) is 0. The zero-order valence-electron chi connectivity index (χ0n) is 15.4. The Morgan fingerprint density at radius 2 is 1.82 bits per heavy atom. The van der Waals surface area contributed by atoms with E-state index >= 15 is 0 Å². The van der Waals surface area contributed by atoms with Crippen molar-refractivity contribution in [2.24, 2.45) is 0 Å². The predicted molar refractivity (Wildman–Crippen MR) is 103 cm³/mol. The van der Waals surface area contributed by atoms with Crippen LogP contribution < -0.4 is 14.4 Å². The lowest BCUT2D eigenvalue weighted by atomic mass is 10.1. The van der Waals surface area contributed by atoms with E-state index in [2.05, 4.69) is 9.97 Å². The first-order valence-corrected chi connectivity index (χ1v) is 8.77. The number of anilines is 1. The number of alkyl halides is 1. The molecule has 0 bridgehead atoms. The largest absolute Gasteiger partial charge is 0.491 e. The number of carbonyl (C=O) groups excluding carboxylic acids is 1. The molecule has 3 rings (SSSR count). The lowest BCUT2D eigenvalue weighted by Crippen LogP contribution is -2.28. The second-order valence-electron chi connectivity index (χ2n) is 5.85. The molecule has 3 aromatic rings. The van der Waals surface area contributed by atoms with Crippen molar-refractivity contribution in [3.05, 3.63) is 72.6 Å². The van der Waals surface area contributed by atoms with Gasteiger partial charge in [0.15, 0.2) is 0 Å². The van der Waals surface area contributed by atoms with Crippen molar-refractivity contribution in [1.29, 1.82) is 0 Å². The first-order chi connectivity index (χ1) is 13.7. The number of nitrogens with zero attached hydrogens (tertiary/aromatic N) is 3.